The summed E-state index contributed by atoms with van der Waals surface area (Å²) in [5, 5.41) is 20.1. The van der Waals surface area contributed by atoms with Crippen LogP contribution in [-0.4, -0.2) is 61.3 Å². The number of anilines is 2. The van der Waals surface area contributed by atoms with Gasteiger partial charge in [0.15, 0.2) is 0 Å². The van der Waals surface area contributed by atoms with Gasteiger partial charge in [0.25, 0.3) is 0 Å². The number of benzene rings is 1. The fourth-order valence-electron chi connectivity index (χ4n) is 2.92. The Balaban J connectivity index is 1.76. The molecular weight excluding hydrogens is 458 g/mol. The van der Waals surface area contributed by atoms with Crippen LogP contribution in [0, 0.1) is 11.3 Å². The molecule has 0 unspecified atom stereocenters. The smallest absolute Gasteiger partial charge is 0.324 e. The largest absolute Gasteiger partial charge is 0.491 e. The predicted octanol–water partition coefficient (Wildman–Crippen LogP) is 3.66. The first-order valence-electron chi connectivity index (χ1n) is 11.1. The van der Waals surface area contributed by atoms with Gasteiger partial charge < -0.3 is 25.6 Å². The second-order valence-electron chi connectivity index (χ2n) is 7.18. The van der Waals surface area contributed by atoms with E-state index in [1.807, 2.05) is 6.07 Å². The summed E-state index contributed by atoms with van der Waals surface area (Å²) >= 11 is 6.06. The fraction of sp³-hybridized carbons (Fsp3) is 0.391. The third kappa shape index (κ3) is 9.52. The highest BCUT2D eigenvalue weighted by atomic mass is 35.5. The molecule has 0 radical (unpaired) electrons. The van der Waals surface area contributed by atoms with Crippen LogP contribution < -0.4 is 26.0 Å². The van der Waals surface area contributed by atoms with E-state index in [2.05, 4.69) is 45.0 Å². The maximum atomic E-state index is 12.3. The van der Waals surface area contributed by atoms with E-state index in [0.717, 1.165) is 19.6 Å². The summed E-state index contributed by atoms with van der Waals surface area (Å²) in [6.07, 6.45) is 1.94. The zero-order valence-electron chi connectivity index (χ0n) is 19.4. The summed E-state index contributed by atoms with van der Waals surface area (Å²) in [5.41, 5.74) is 0.781. The molecule has 1 aromatic heterocycles. The van der Waals surface area contributed by atoms with E-state index in [1.165, 1.54) is 12.3 Å². The Kier molecular flexibility index (Phi) is 11.4. The number of hydrogen-bond donors (Lipinski definition) is 4. The number of nitrogens with one attached hydrogen (secondary N) is 4. The lowest BCUT2D eigenvalue weighted by atomic mass is 10.3. The molecule has 0 aliphatic carbocycles. The van der Waals surface area contributed by atoms with E-state index in [0.29, 0.717) is 54.0 Å². The van der Waals surface area contributed by atoms with Crippen LogP contribution >= 0.6 is 11.6 Å². The van der Waals surface area contributed by atoms with Crippen molar-refractivity contribution in [3.8, 4) is 11.8 Å². The van der Waals surface area contributed by atoms with Gasteiger partial charge in [-0.2, -0.15) is 5.26 Å². The highest BCUT2D eigenvalue weighted by molar-refractivity contribution is 6.31. The Morgan fingerprint density at radius 2 is 1.85 bits per heavy atom. The molecule has 182 valence electrons. The van der Waals surface area contributed by atoms with Crippen LogP contribution in [0.5, 0.6) is 5.75 Å². The van der Waals surface area contributed by atoms with Crippen LogP contribution in [0.3, 0.4) is 0 Å². The average molecular weight is 488 g/mol. The first-order valence-corrected chi connectivity index (χ1v) is 11.4. The monoisotopic (exact) mass is 487 g/mol. The summed E-state index contributed by atoms with van der Waals surface area (Å²) < 4.78 is 5.77. The minimum Gasteiger partial charge on any atom is -0.491 e. The zero-order valence-corrected chi connectivity index (χ0v) is 20.1. The Morgan fingerprint density at radius 1 is 1.09 bits per heavy atom. The van der Waals surface area contributed by atoms with Crippen LogP contribution in [0.15, 0.2) is 36.5 Å². The molecule has 0 spiro atoms. The molecule has 2 rings (SSSR count). The molecule has 4 N–H and O–H groups in total. The number of hydrogen-bond acceptors (Lipinski definition) is 6. The van der Waals surface area contributed by atoms with Crippen LogP contribution in [-0.2, 0) is 0 Å². The van der Waals surface area contributed by atoms with E-state index in [9.17, 15) is 9.59 Å². The molecule has 10 nitrogen and oxygen atoms in total. The lowest BCUT2D eigenvalue weighted by molar-refractivity contribution is 0.235. The van der Waals surface area contributed by atoms with Crippen molar-refractivity contribution in [2.45, 2.75) is 20.3 Å². The summed E-state index contributed by atoms with van der Waals surface area (Å²) in [7, 11) is 0. The van der Waals surface area contributed by atoms with Gasteiger partial charge >= 0.3 is 12.1 Å². The second kappa shape index (κ2) is 14.6. The van der Waals surface area contributed by atoms with Crippen molar-refractivity contribution in [1.29, 1.82) is 5.26 Å². The van der Waals surface area contributed by atoms with E-state index >= 15 is 0 Å². The molecule has 0 saturated carbocycles. The highest BCUT2D eigenvalue weighted by Gasteiger charge is 2.10. The lowest BCUT2D eigenvalue weighted by Gasteiger charge is -2.18. The van der Waals surface area contributed by atoms with Crippen molar-refractivity contribution in [3.63, 3.8) is 0 Å². The van der Waals surface area contributed by atoms with Gasteiger partial charge in [-0.15, -0.1) is 0 Å². The Bertz CT molecular complexity index is 976. The number of halogens is 1. The third-order valence-electron chi connectivity index (χ3n) is 4.80. The van der Waals surface area contributed by atoms with Crippen LogP contribution in [0.1, 0.15) is 25.8 Å². The van der Waals surface area contributed by atoms with Crippen LogP contribution in [0.25, 0.3) is 0 Å². The molecule has 0 aliphatic rings. The molecule has 2 aromatic rings. The van der Waals surface area contributed by atoms with E-state index in [4.69, 9.17) is 21.6 Å². The van der Waals surface area contributed by atoms with Crippen molar-refractivity contribution in [3.05, 3.63) is 47.1 Å². The van der Waals surface area contributed by atoms with Crippen molar-refractivity contribution in [2.24, 2.45) is 0 Å². The van der Waals surface area contributed by atoms with Gasteiger partial charge in [0, 0.05) is 30.9 Å². The lowest BCUT2D eigenvalue weighted by Crippen LogP contribution is -2.40. The normalized spacial score (nSPS) is 10.3. The Hall–Kier alpha value is -3.55. The molecule has 34 heavy (non-hydrogen) atoms. The highest BCUT2D eigenvalue weighted by Crippen LogP contribution is 2.28. The maximum absolute atomic E-state index is 12.3. The van der Waals surface area contributed by atoms with Crippen LogP contribution in [0.4, 0.5) is 21.1 Å². The molecule has 0 fully saturated rings. The molecule has 0 atom stereocenters. The number of carbonyl (C=O) groups excluding carboxylic acids is 2. The molecule has 4 amide bonds. The molecule has 0 aliphatic heterocycles. The maximum Gasteiger partial charge on any atom is 0.324 e. The van der Waals surface area contributed by atoms with Gasteiger partial charge in [0.1, 0.15) is 17.6 Å². The topological polar surface area (TPSA) is 131 Å². The SMILES string of the molecule is CCN(CC)CCNC(=O)NCCCOc1ccc(Cl)cc1NC(=O)Nc1ccc(C#N)cn1. The van der Waals surface area contributed by atoms with Gasteiger partial charge in [-0.05, 0) is 49.8 Å². The number of aromatic nitrogens is 1. The number of carbonyl (C=O) groups is 2. The molecular formula is C23H30ClN7O3. The molecule has 1 aromatic carbocycles. The number of pyridine rings is 1. The standard InChI is InChI=1S/C23H30ClN7O3/c1-3-31(4-2)12-11-27-22(32)26-10-5-13-34-20-8-7-18(24)14-19(20)29-23(33)30-21-9-6-17(15-25)16-28-21/h6-9,14,16H,3-5,10-13H2,1-2H3,(H2,26,27,32)(H2,28,29,30,33). The molecule has 1 heterocycles. The number of rotatable bonds is 12. The number of nitriles is 1. The number of ether oxygens (including phenoxy) is 1. The van der Waals surface area contributed by atoms with Gasteiger partial charge in [-0.3, -0.25) is 5.32 Å². The van der Waals surface area contributed by atoms with Crippen molar-refractivity contribution < 1.29 is 14.3 Å². The van der Waals surface area contributed by atoms with E-state index < -0.39 is 6.03 Å². The minimum absolute atomic E-state index is 0.214. The van der Waals surface area contributed by atoms with E-state index in [-0.39, 0.29) is 6.03 Å². The van der Waals surface area contributed by atoms with Gasteiger partial charge in [-0.25, -0.2) is 14.6 Å². The fourth-order valence-corrected chi connectivity index (χ4v) is 3.09. The first kappa shape index (κ1) is 26.7. The predicted molar refractivity (Wildman–Crippen MR) is 132 cm³/mol. The van der Waals surface area contributed by atoms with Crippen molar-refractivity contribution in [1.82, 2.24) is 20.5 Å². The first-order chi connectivity index (χ1) is 16.4. The second-order valence-corrected chi connectivity index (χ2v) is 7.61. The quantitative estimate of drug-likeness (QED) is 0.338. The Labute approximate surface area is 204 Å². The summed E-state index contributed by atoms with van der Waals surface area (Å²) in [5.74, 6) is 0.735. The number of urea groups is 2. The van der Waals surface area contributed by atoms with Gasteiger partial charge in [-0.1, -0.05) is 25.4 Å². The van der Waals surface area contributed by atoms with Gasteiger partial charge in [0.2, 0.25) is 0 Å². The number of amides is 4. The van der Waals surface area contributed by atoms with Crippen molar-refractivity contribution >= 4 is 35.2 Å². The Morgan fingerprint density at radius 3 is 2.53 bits per heavy atom. The molecule has 0 bridgehead atoms. The van der Waals surface area contributed by atoms with Crippen molar-refractivity contribution in [2.75, 3.05) is 50.0 Å². The van der Waals surface area contributed by atoms with Gasteiger partial charge in [0.05, 0.1) is 17.9 Å². The number of likely N-dealkylation sites (N-methyl/N-ethyl adjacent to an activating group) is 1. The number of nitrogens with zero attached hydrogens (tertiary/aromatic N) is 3. The van der Waals surface area contributed by atoms with Crippen LogP contribution in [0.2, 0.25) is 5.02 Å². The minimum atomic E-state index is -0.535. The summed E-state index contributed by atoms with van der Waals surface area (Å²) in [6, 6.07) is 9.18. The third-order valence-corrected chi connectivity index (χ3v) is 5.03. The summed E-state index contributed by atoms with van der Waals surface area (Å²) in [4.78, 5) is 30.4. The summed E-state index contributed by atoms with van der Waals surface area (Å²) in [6.45, 7) is 8.25. The van der Waals surface area contributed by atoms with E-state index in [1.54, 1.807) is 24.3 Å². The molecule has 0 saturated heterocycles. The average Bonchev–Trinajstić information content (AvgIpc) is 2.83. The molecule has 11 heteroatoms. The zero-order chi connectivity index (χ0) is 24.8.